The maximum atomic E-state index is 13.2. The molecule has 9 heteroatoms. The standard InChI is InChI=1S/C20H17ClN4O3S/c21-18-11-4-5-12-19(18)25(29(27,28)17-9-2-1-3-10-17)15-20(26)24-23-14-16-8-6-7-13-22-16/h1-14H,15H2,(H,24,26)/b23-14-. The van der Waals surface area contributed by atoms with Crippen LogP contribution < -0.4 is 9.73 Å². The van der Waals surface area contributed by atoms with E-state index in [0.717, 1.165) is 4.31 Å². The number of carbonyl (C=O) groups is 1. The Kier molecular flexibility index (Phi) is 6.58. The molecule has 0 saturated carbocycles. The normalized spacial score (nSPS) is 11.3. The Hall–Kier alpha value is -3.23. The van der Waals surface area contributed by atoms with E-state index in [-0.39, 0.29) is 15.6 Å². The monoisotopic (exact) mass is 428 g/mol. The van der Waals surface area contributed by atoms with Crippen LogP contribution in [0.15, 0.2) is 89.0 Å². The van der Waals surface area contributed by atoms with Gasteiger partial charge in [0.1, 0.15) is 6.54 Å². The highest BCUT2D eigenvalue weighted by molar-refractivity contribution is 7.92. The van der Waals surface area contributed by atoms with Crippen molar-refractivity contribution in [1.82, 2.24) is 10.4 Å². The molecule has 148 valence electrons. The minimum absolute atomic E-state index is 0.0460. The molecule has 0 radical (unpaired) electrons. The van der Waals surface area contributed by atoms with E-state index in [2.05, 4.69) is 15.5 Å². The van der Waals surface area contributed by atoms with Crippen LogP contribution in [0.3, 0.4) is 0 Å². The summed E-state index contributed by atoms with van der Waals surface area (Å²) in [5.74, 6) is -0.628. The largest absolute Gasteiger partial charge is 0.271 e. The second kappa shape index (κ2) is 9.31. The van der Waals surface area contributed by atoms with Crippen LogP contribution in [0.2, 0.25) is 5.02 Å². The predicted octanol–water partition coefficient (Wildman–Crippen LogP) is 3.08. The fourth-order valence-corrected chi connectivity index (χ4v) is 4.21. The van der Waals surface area contributed by atoms with Gasteiger partial charge in [-0.05, 0) is 36.4 Å². The van der Waals surface area contributed by atoms with Crippen LogP contribution in [0.1, 0.15) is 5.69 Å². The summed E-state index contributed by atoms with van der Waals surface area (Å²) in [7, 11) is -4.03. The molecule has 0 aliphatic rings. The molecule has 0 fully saturated rings. The predicted molar refractivity (Wildman–Crippen MR) is 112 cm³/mol. The topological polar surface area (TPSA) is 91.7 Å². The number of para-hydroxylation sites is 1. The van der Waals surface area contributed by atoms with Crippen LogP contribution in [0, 0.1) is 0 Å². The molecule has 0 aliphatic heterocycles. The maximum Gasteiger partial charge on any atom is 0.264 e. The maximum absolute atomic E-state index is 13.2. The third kappa shape index (κ3) is 5.18. The zero-order chi connectivity index (χ0) is 20.7. The Bertz CT molecular complexity index is 1110. The number of anilines is 1. The second-order valence-corrected chi connectivity index (χ2v) is 8.09. The van der Waals surface area contributed by atoms with E-state index < -0.39 is 22.5 Å². The molecule has 1 heterocycles. The summed E-state index contributed by atoms with van der Waals surface area (Å²) in [6.45, 7) is -0.499. The van der Waals surface area contributed by atoms with Gasteiger partial charge in [-0.3, -0.25) is 14.1 Å². The molecule has 7 nitrogen and oxygen atoms in total. The van der Waals surface area contributed by atoms with Crippen LogP contribution in [0.25, 0.3) is 0 Å². The number of nitrogens with one attached hydrogen (secondary N) is 1. The Morgan fingerprint density at radius 3 is 2.41 bits per heavy atom. The van der Waals surface area contributed by atoms with Gasteiger partial charge in [0.2, 0.25) is 0 Å². The average molecular weight is 429 g/mol. The number of benzene rings is 2. The first kappa shape index (κ1) is 20.5. The van der Waals surface area contributed by atoms with Crippen LogP contribution in [-0.2, 0) is 14.8 Å². The van der Waals surface area contributed by atoms with Crippen LogP contribution >= 0.6 is 11.6 Å². The van der Waals surface area contributed by atoms with E-state index >= 15 is 0 Å². The summed E-state index contributed by atoms with van der Waals surface area (Å²) in [5, 5.41) is 4.03. The third-order valence-electron chi connectivity index (χ3n) is 3.81. The molecule has 0 saturated heterocycles. The van der Waals surface area contributed by atoms with Gasteiger partial charge in [0.15, 0.2) is 0 Å². The smallest absolute Gasteiger partial charge is 0.264 e. The molecule has 0 unspecified atom stereocenters. The molecule has 1 N–H and O–H groups in total. The first-order chi connectivity index (χ1) is 14.0. The van der Waals surface area contributed by atoms with Gasteiger partial charge < -0.3 is 0 Å². The fourth-order valence-electron chi connectivity index (χ4n) is 2.46. The summed E-state index contributed by atoms with van der Waals surface area (Å²) >= 11 is 6.20. The molecule has 29 heavy (non-hydrogen) atoms. The van der Waals surface area contributed by atoms with E-state index in [4.69, 9.17) is 11.6 Å². The number of hydrazone groups is 1. The lowest BCUT2D eigenvalue weighted by Crippen LogP contribution is -2.39. The number of nitrogens with zero attached hydrogens (tertiary/aromatic N) is 3. The van der Waals surface area contributed by atoms with Crippen molar-refractivity contribution < 1.29 is 13.2 Å². The number of halogens is 1. The lowest BCUT2D eigenvalue weighted by atomic mass is 10.3. The molecule has 3 rings (SSSR count). The molecule has 0 atom stereocenters. The van der Waals surface area contributed by atoms with Gasteiger partial charge in [0, 0.05) is 6.20 Å². The summed E-state index contributed by atoms with van der Waals surface area (Å²) in [5.41, 5.74) is 3.06. The molecule has 0 bridgehead atoms. The first-order valence-electron chi connectivity index (χ1n) is 8.54. The molecule has 1 aromatic heterocycles. The third-order valence-corrected chi connectivity index (χ3v) is 5.91. The quantitative estimate of drug-likeness (QED) is 0.462. The molecule has 1 amide bonds. The van der Waals surface area contributed by atoms with Crippen molar-refractivity contribution in [3.05, 3.63) is 89.7 Å². The highest BCUT2D eigenvalue weighted by Gasteiger charge is 2.28. The summed E-state index contributed by atoms with van der Waals surface area (Å²) in [6.07, 6.45) is 2.96. The number of hydrogen-bond donors (Lipinski definition) is 1. The summed E-state index contributed by atoms with van der Waals surface area (Å²) in [4.78, 5) is 16.5. The number of carbonyl (C=O) groups excluding carboxylic acids is 1. The minimum atomic E-state index is -4.03. The Labute approximate surface area is 173 Å². The first-order valence-corrected chi connectivity index (χ1v) is 10.4. The minimum Gasteiger partial charge on any atom is -0.271 e. The average Bonchev–Trinajstić information content (AvgIpc) is 2.74. The van der Waals surface area contributed by atoms with Gasteiger partial charge in [-0.15, -0.1) is 0 Å². The number of pyridine rings is 1. The van der Waals surface area contributed by atoms with Gasteiger partial charge in [-0.25, -0.2) is 13.8 Å². The number of rotatable bonds is 7. The number of sulfonamides is 1. The van der Waals surface area contributed by atoms with E-state index in [1.54, 1.807) is 60.8 Å². The van der Waals surface area contributed by atoms with Crippen LogP contribution in [0.5, 0.6) is 0 Å². The lowest BCUT2D eigenvalue weighted by Gasteiger charge is -2.24. The number of aromatic nitrogens is 1. The molecule has 3 aromatic rings. The van der Waals surface area contributed by atoms with Crippen molar-refractivity contribution >= 4 is 39.4 Å². The molecular formula is C20H17ClN4O3S. The summed E-state index contributed by atoms with van der Waals surface area (Å²) in [6, 6.07) is 19.5. The second-order valence-electron chi connectivity index (χ2n) is 5.82. The van der Waals surface area contributed by atoms with Gasteiger partial charge in [0.25, 0.3) is 15.9 Å². The molecular weight excluding hydrogens is 412 g/mol. The number of amides is 1. The SMILES string of the molecule is O=C(CN(c1ccccc1Cl)S(=O)(=O)c1ccccc1)N/N=C\c1ccccn1. The summed E-state index contributed by atoms with van der Waals surface area (Å²) < 4.78 is 27.3. The van der Waals surface area contributed by atoms with Crippen molar-refractivity contribution in [2.24, 2.45) is 5.10 Å². The Balaban J connectivity index is 1.85. The van der Waals surface area contributed by atoms with Gasteiger partial charge in [-0.2, -0.15) is 5.10 Å². The van der Waals surface area contributed by atoms with E-state index in [1.807, 2.05) is 0 Å². The highest BCUT2D eigenvalue weighted by Crippen LogP contribution is 2.30. The van der Waals surface area contributed by atoms with Gasteiger partial charge in [-0.1, -0.05) is 48.0 Å². The zero-order valence-electron chi connectivity index (χ0n) is 15.1. The van der Waals surface area contributed by atoms with Crippen molar-refractivity contribution in [2.45, 2.75) is 4.90 Å². The van der Waals surface area contributed by atoms with Crippen LogP contribution in [-0.4, -0.2) is 32.1 Å². The van der Waals surface area contributed by atoms with Crippen molar-refractivity contribution in [2.75, 3.05) is 10.8 Å². The Morgan fingerprint density at radius 2 is 1.72 bits per heavy atom. The fraction of sp³-hybridized carbons (Fsp3) is 0.0500. The Morgan fingerprint density at radius 1 is 1.03 bits per heavy atom. The lowest BCUT2D eigenvalue weighted by molar-refractivity contribution is -0.119. The zero-order valence-corrected chi connectivity index (χ0v) is 16.7. The molecule has 2 aromatic carbocycles. The van der Waals surface area contributed by atoms with Crippen molar-refractivity contribution in [3.63, 3.8) is 0 Å². The van der Waals surface area contributed by atoms with E-state index in [9.17, 15) is 13.2 Å². The van der Waals surface area contributed by atoms with Gasteiger partial charge >= 0.3 is 0 Å². The van der Waals surface area contributed by atoms with Crippen molar-refractivity contribution in [1.29, 1.82) is 0 Å². The molecule has 0 spiro atoms. The number of hydrogen-bond acceptors (Lipinski definition) is 5. The van der Waals surface area contributed by atoms with E-state index in [1.165, 1.54) is 24.4 Å². The van der Waals surface area contributed by atoms with Crippen molar-refractivity contribution in [3.8, 4) is 0 Å². The molecule has 0 aliphatic carbocycles. The highest BCUT2D eigenvalue weighted by atomic mass is 35.5. The van der Waals surface area contributed by atoms with Gasteiger partial charge in [0.05, 0.1) is 27.5 Å². The van der Waals surface area contributed by atoms with Crippen LogP contribution in [0.4, 0.5) is 5.69 Å². The van der Waals surface area contributed by atoms with E-state index in [0.29, 0.717) is 5.69 Å².